The molecule has 0 saturated heterocycles. The lowest BCUT2D eigenvalue weighted by molar-refractivity contribution is 0.0707. The van der Waals surface area contributed by atoms with Crippen molar-refractivity contribution in [2.24, 2.45) is 5.16 Å². The summed E-state index contributed by atoms with van der Waals surface area (Å²) in [7, 11) is 0. The largest absolute Gasteiger partial charge is 0.489 e. The van der Waals surface area contributed by atoms with Crippen molar-refractivity contribution in [1.82, 2.24) is 0 Å². The van der Waals surface area contributed by atoms with E-state index < -0.39 is 0 Å². The molecule has 0 N–H and O–H groups in total. The SMILES string of the molecule is CCC(C)ON=CCCCCCCCCCCCCCCCOCCCC(C)Oc1c(Cl)cc(OCC=C(Cl)Cl)cc1Cl. The van der Waals surface area contributed by atoms with Gasteiger partial charge < -0.3 is 19.0 Å². The molecule has 0 aliphatic rings. The van der Waals surface area contributed by atoms with E-state index in [4.69, 9.17) is 65.5 Å². The summed E-state index contributed by atoms with van der Waals surface area (Å²) in [5.74, 6) is 0.986. The zero-order valence-corrected chi connectivity index (χ0v) is 29.7. The van der Waals surface area contributed by atoms with Crippen LogP contribution < -0.4 is 9.47 Å². The predicted octanol–water partition coefficient (Wildman–Crippen LogP) is 12.5. The van der Waals surface area contributed by atoms with Crippen LogP contribution in [0.3, 0.4) is 0 Å². The molecule has 0 amide bonds. The van der Waals surface area contributed by atoms with Crippen molar-refractivity contribution in [3.05, 3.63) is 32.7 Å². The second-order valence-corrected chi connectivity index (χ2v) is 13.0. The minimum absolute atomic E-state index is 0.0335. The van der Waals surface area contributed by atoms with Crippen molar-refractivity contribution in [2.45, 2.75) is 142 Å². The first kappa shape index (κ1) is 40.2. The lowest BCUT2D eigenvalue weighted by atomic mass is 10.0. The number of oxime groups is 1. The average Bonchev–Trinajstić information content (AvgIpc) is 2.97. The van der Waals surface area contributed by atoms with E-state index in [9.17, 15) is 0 Å². The van der Waals surface area contributed by atoms with Crippen molar-refractivity contribution >= 4 is 52.6 Å². The van der Waals surface area contributed by atoms with E-state index in [-0.39, 0.29) is 23.3 Å². The lowest BCUT2D eigenvalue weighted by Gasteiger charge is -2.17. The molecule has 1 aromatic carbocycles. The van der Waals surface area contributed by atoms with Crippen LogP contribution in [0.4, 0.5) is 0 Å². The van der Waals surface area contributed by atoms with Gasteiger partial charge in [0.05, 0.1) is 16.1 Å². The zero-order valence-electron chi connectivity index (χ0n) is 26.7. The van der Waals surface area contributed by atoms with Gasteiger partial charge in [-0.1, -0.05) is 129 Å². The van der Waals surface area contributed by atoms with Gasteiger partial charge in [-0.15, -0.1) is 0 Å². The Morgan fingerprint density at radius 1 is 0.767 bits per heavy atom. The molecule has 248 valence electrons. The molecule has 1 rings (SSSR count). The highest BCUT2D eigenvalue weighted by atomic mass is 35.5. The average molecular weight is 684 g/mol. The number of halogens is 4. The van der Waals surface area contributed by atoms with E-state index in [2.05, 4.69) is 19.0 Å². The van der Waals surface area contributed by atoms with Crippen LogP contribution in [0, 0.1) is 0 Å². The summed E-state index contributed by atoms with van der Waals surface area (Å²) in [4.78, 5) is 5.31. The Morgan fingerprint density at radius 2 is 1.30 bits per heavy atom. The van der Waals surface area contributed by atoms with Crippen LogP contribution in [0.1, 0.15) is 130 Å². The minimum atomic E-state index is -0.0335. The van der Waals surface area contributed by atoms with Crippen molar-refractivity contribution in [1.29, 1.82) is 0 Å². The van der Waals surface area contributed by atoms with E-state index in [0.717, 1.165) is 45.3 Å². The molecule has 0 aromatic heterocycles. The molecule has 2 unspecified atom stereocenters. The Hall–Kier alpha value is -0.850. The highest BCUT2D eigenvalue weighted by molar-refractivity contribution is 6.55. The number of nitrogens with zero attached hydrogens (tertiary/aromatic N) is 1. The van der Waals surface area contributed by atoms with Crippen LogP contribution in [0.5, 0.6) is 11.5 Å². The summed E-state index contributed by atoms with van der Waals surface area (Å²) < 4.78 is 17.5. The number of benzene rings is 1. The smallest absolute Gasteiger partial charge is 0.157 e. The summed E-state index contributed by atoms with van der Waals surface area (Å²) >= 11 is 23.9. The Bertz CT molecular complexity index is 857. The lowest BCUT2D eigenvalue weighted by Crippen LogP contribution is -2.13. The van der Waals surface area contributed by atoms with E-state index in [1.165, 1.54) is 83.1 Å². The van der Waals surface area contributed by atoms with E-state index in [1.54, 1.807) is 12.1 Å². The van der Waals surface area contributed by atoms with Gasteiger partial charge in [0.15, 0.2) is 5.75 Å². The Labute approximate surface area is 281 Å². The monoisotopic (exact) mass is 681 g/mol. The normalized spacial score (nSPS) is 12.8. The third-order valence-electron chi connectivity index (χ3n) is 7.19. The van der Waals surface area contributed by atoms with E-state index >= 15 is 0 Å². The van der Waals surface area contributed by atoms with Gasteiger partial charge in [0, 0.05) is 31.6 Å². The predicted molar refractivity (Wildman–Crippen MR) is 186 cm³/mol. The quantitative estimate of drug-likeness (QED) is 0.0501. The topological polar surface area (TPSA) is 49.3 Å². The van der Waals surface area contributed by atoms with Gasteiger partial charge in [0.1, 0.15) is 23.0 Å². The third kappa shape index (κ3) is 23.2. The van der Waals surface area contributed by atoms with E-state index in [0.29, 0.717) is 21.5 Å². The van der Waals surface area contributed by atoms with Crippen LogP contribution >= 0.6 is 46.4 Å². The second kappa shape index (κ2) is 27.5. The Kier molecular flexibility index (Phi) is 25.7. The Morgan fingerprint density at radius 3 is 1.86 bits per heavy atom. The molecule has 0 radical (unpaired) electrons. The van der Waals surface area contributed by atoms with Crippen molar-refractivity contribution in [3.63, 3.8) is 0 Å². The van der Waals surface area contributed by atoms with Crippen molar-refractivity contribution < 1.29 is 19.0 Å². The number of rotatable bonds is 28. The van der Waals surface area contributed by atoms with Crippen LogP contribution in [-0.2, 0) is 9.57 Å². The fourth-order valence-corrected chi connectivity index (χ4v) is 5.11. The number of hydrogen-bond acceptors (Lipinski definition) is 5. The number of hydrogen-bond donors (Lipinski definition) is 0. The highest BCUT2D eigenvalue weighted by Gasteiger charge is 2.14. The summed E-state index contributed by atoms with van der Waals surface area (Å²) in [5, 5.41) is 4.84. The van der Waals surface area contributed by atoms with Gasteiger partial charge in [0.2, 0.25) is 0 Å². The van der Waals surface area contributed by atoms with Gasteiger partial charge in [-0.25, -0.2) is 0 Å². The van der Waals surface area contributed by atoms with Crippen LogP contribution in [0.2, 0.25) is 10.0 Å². The summed E-state index contributed by atoms with van der Waals surface area (Å²) in [6.07, 6.45) is 24.6. The molecule has 0 aliphatic carbocycles. The summed E-state index contributed by atoms with van der Waals surface area (Å²) in [6.45, 7) is 7.96. The van der Waals surface area contributed by atoms with Gasteiger partial charge in [-0.3, -0.25) is 0 Å². The van der Waals surface area contributed by atoms with Crippen molar-refractivity contribution in [3.8, 4) is 11.5 Å². The van der Waals surface area contributed by atoms with Crippen LogP contribution in [0.15, 0.2) is 27.9 Å². The fourth-order valence-electron chi connectivity index (χ4n) is 4.43. The molecule has 5 nitrogen and oxygen atoms in total. The molecule has 2 atom stereocenters. The first-order valence-corrected chi connectivity index (χ1v) is 17.9. The maximum Gasteiger partial charge on any atom is 0.157 e. The Balaban J connectivity index is 1.90. The first-order valence-electron chi connectivity index (χ1n) is 16.4. The molecule has 0 fully saturated rings. The molecule has 0 aliphatic heterocycles. The van der Waals surface area contributed by atoms with Gasteiger partial charge >= 0.3 is 0 Å². The van der Waals surface area contributed by atoms with E-state index in [1.807, 2.05) is 13.1 Å². The number of unbranched alkanes of at least 4 members (excludes halogenated alkanes) is 13. The van der Waals surface area contributed by atoms with Gasteiger partial charge in [-0.2, -0.15) is 0 Å². The number of ether oxygens (including phenoxy) is 3. The molecule has 1 aromatic rings. The molecule has 0 bridgehead atoms. The zero-order chi connectivity index (χ0) is 31.5. The fraction of sp³-hybridized carbons (Fsp3) is 0.735. The summed E-state index contributed by atoms with van der Waals surface area (Å²) in [5.41, 5.74) is 0. The third-order valence-corrected chi connectivity index (χ3v) is 8.06. The molecule has 0 spiro atoms. The highest BCUT2D eigenvalue weighted by Crippen LogP contribution is 2.38. The van der Waals surface area contributed by atoms with Gasteiger partial charge in [0.25, 0.3) is 0 Å². The van der Waals surface area contributed by atoms with Crippen molar-refractivity contribution in [2.75, 3.05) is 19.8 Å². The second-order valence-electron chi connectivity index (χ2n) is 11.2. The summed E-state index contributed by atoms with van der Waals surface area (Å²) in [6, 6.07) is 3.34. The molecule has 9 heteroatoms. The molecule has 0 saturated carbocycles. The standard InChI is InChI=1S/C34H55Cl4NO4/c1-4-28(2)43-39-22-17-15-13-11-9-7-5-6-8-10-12-14-16-18-23-40-24-19-20-29(3)42-34-31(35)26-30(27-32(34)36)41-25-21-33(37)38/h21-22,26-29H,4-20,23-25H2,1-3H3. The maximum absolute atomic E-state index is 6.36. The molecular formula is C34H55Cl4NO4. The van der Waals surface area contributed by atoms with Crippen LogP contribution in [0.25, 0.3) is 0 Å². The molecule has 0 heterocycles. The minimum Gasteiger partial charge on any atom is -0.489 e. The van der Waals surface area contributed by atoms with Gasteiger partial charge in [-0.05, 0) is 58.4 Å². The maximum atomic E-state index is 6.36. The molecule has 43 heavy (non-hydrogen) atoms. The first-order chi connectivity index (χ1) is 20.8. The van der Waals surface area contributed by atoms with Crippen LogP contribution in [-0.4, -0.2) is 38.2 Å². The molecular weight excluding hydrogens is 628 g/mol.